The van der Waals surface area contributed by atoms with Crippen molar-refractivity contribution in [3.05, 3.63) is 70.2 Å². The average Bonchev–Trinajstić information content (AvgIpc) is 2.66. The minimum absolute atomic E-state index is 0.0531. The van der Waals surface area contributed by atoms with E-state index in [1.807, 2.05) is 0 Å². The van der Waals surface area contributed by atoms with Gasteiger partial charge >= 0.3 is 0 Å². The summed E-state index contributed by atoms with van der Waals surface area (Å²) in [7, 11) is 0. The van der Waals surface area contributed by atoms with Crippen LogP contribution in [0.3, 0.4) is 0 Å². The second-order valence-corrected chi connectivity index (χ2v) is 7.28. The first kappa shape index (κ1) is 21.0. The lowest BCUT2D eigenvalue weighted by atomic mass is 9.94. The van der Waals surface area contributed by atoms with Crippen LogP contribution in [0.4, 0.5) is 0 Å². The summed E-state index contributed by atoms with van der Waals surface area (Å²) in [5.41, 5.74) is 2.78. The number of aryl methyl sites for hydroxylation is 1. The first-order valence-corrected chi connectivity index (χ1v) is 9.71. The highest BCUT2D eigenvalue weighted by atomic mass is 35.5. The molecule has 0 saturated carbocycles. The van der Waals surface area contributed by atoms with E-state index in [0.717, 1.165) is 12.0 Å². The normalized spacial score (nSPS) is 11.9. The van der Waals surface area contributed by atoms with Crippen LogP contribution in [-0.4, -0.2) is 18.4 Å². The topological polar surface area (TPSA) is 58.2 Å². The highest BCUT2D eigenvalue weighted by Gasteiger charge is 2.18. The molecule has 2 N–H and O–H groups in total. The van der Waals surface area contributed by atoms with E-state index in [1.54, 1.807) is 24.3 Å². The summed E-state index contributed by atoms with van der Waals surface area (Å²) in [6.45, 7) is 6.54. The van der Waals surface area contributed by atoms with Crippen LogP contribution >= 0.6 is 11.6 Å². The Morgan fingerprint density at radius 1 is 1.04 bits per heavy atom. The maximum atomic E-state index is 12.4. The molecular formula is C22H27ClN2O2. The van der Waals surface area contributed by atoms with Crippen LogP contribution in [-0.2, 0) is 11.2 Å². The highest BCUT2D eigenvalue weighted by molar-refractivity contribution is 6.33. The van der Waals surface area contributed by atoms with Gasteiger partial charge in [-0.1, -0.05) is 68.8 Å². The largest absolute Gasteiger partial charge is 0.351 e. The zero-order valence-corrected chi connectivity index (χ0v) is 16.8. The molecule has 0 fully saturated rings. The van der Waals surface area contributed by atoms with Crippen molar-refractivity contribution in [2.75, 3.05) is 6.54 Å². The quantitative estimate of drug-likeness (QED) is 0.699. The summed E-state index contributed by atoms with van der Waals surface area (Å²) < 4.78 is 0. The van der Waals surface area contributed by atoms with Crippen LogP contribution in [0.1, 0.15) is 54.7 Å². The van der Waals surface area contributed by atoms with Gasteiger partial charge in [-0.25, -0.2) is 0 Å². The molecular weight excluding hydrogens is 360 g/mol. The summed E-state index contributed by atoms with van der Waals surface area (Å²) in [5, 5.41) is 6.22. The van der Waals surface area contributed by atoms with Crippen LogP contribution in [0.5, 0.6) is 0 Å². The second-order valence-electron chi connectivity index (χ2n) is 6.87. The number of benzene rings is 2. The third-order valence-corrected chi connectivity index (χ3v) is 4.82. The van der Waals surface area contributed by atoms with Crippen molar-refractivity contribution >= 4 is 23.4 Å². The Labute approximate surface area is 166 Å². The van der Waals surface area contributed by atoms with Gasteiger partial charge in [0.15, 0.2) is 0 Å². The molecule has 2 rings (SSSR count). The Bertz CT molecular complexity index is 772. The number of carbonyl (C=O) groups excluding carboxylic acids is 2. The fourth-order valence-electron chi connectivity index (χ4n) is 2.87. The van der Waals surface area contributed by atoms with Gasteiger partial charge < -0.3 is 10.6 Å². The number of halogens is 1. The first-order chi connectivity index (χ1) is 12.9. The number of carbonyl (C=O) groups is 2. The van der Waals surface area contributed by atoms with Crippen molar-refractivity contribution in [1.82, 2.24) is 10.6 Å². The van der Waals surface area contributed by atoms with Crippen molar-refractivity contribution in [2.24, 2.45) is 5.92 Å². The SMILES string of the molecule is CCc1ccc(C(NC(=O)CCNC(=O)c2ccccc2Cl)C(C)C)cc1. The predicted molar refractivity (Wildman–Crippen MR) is 110 cm³/mol. The summed E-state index contributed by atoms with van der Waals surface area (Å²) >= 11 is 6.01. The predicted octanol–water partition coefficient (Wildman–Crippen LogP) is 4.54. The summed E-state index contributed by atoms with van der Waals surface area (Å²) in [6.07, 6.45) is 1.20. The molecule has 0 aliphatic rings. The van der Waals surface area contributed by atoms with E-state index in [0.29, 0.717) is 10.6 Å². The molecule has 0 radical (unpaired) electrons. The maximum Gasteiger partial charge on any atom is 0.252 e. The summed E-state index contributed by atoms with van der Waals surface area (Å²) in [4.78, 5) is 24.5. The maximum absolute atomic E-state index is 12.4. The highest BCUT2D eigenvalue weighted by Crippen LogP contribution is 2.22. The van der Waals surface area contributed by atoms with Gasteiger partial charge in [0.05, 0.1) is 16.6 Å². The van der Waals surface area contributed by atoms with E-state index in [2.05, 4.69) is 55.7 Å². The number of rotatable bonds is 8. The van der Waals surface area contributed by atoms with Crippen LogP contribution in [0.15, 0.2) is 48.5 Å². The Hall–Kier alpha value is -2.33. The van der Waals surface area contributed by atoms with E-state index in [1.165, 1.54) is 5.56 Å². The average molecular weight is 387 g/mol. The minimum Gasteiger partial charge on any atom is -0.351 e. The Morgan fingerprint density at radius 3 is 2.30 bits per heavy atom. The van der Waals surface area contributed by atoms with Crippen LogP contribution in [0.25, 0.3) is 0 Å². The lowest BCUT2D eigenvalue weighted by Gasteiger charge is -2.23. The van der Waals surface area contributed by atoms with E-state index in [4.69, 9.17) is 11.6 Å². The van der Waals surface area contributed by atoms with Crippen LogP contribution < -0.4 is 10.6 Å². The van der Waals surface area contributed by atoms with E-state index < -0.39 is 0 Å². The molecule has 0 bridgehead atoms. The molecule has 5 heteroatoms. The van der Waals surface area contributed by atoms with Crippen molar-refractivity contribution in [2.45, 2.75) is 39.7 Å². The Balaban J connectivity index is 1.88. The molecule has 0 aliphatic carbocycles. The lowest BCUT2D eigenvalue weighted by Crippen LogP contribution is -2.34. The van der Waals surface area contributed by atoms with Gasteiger partial charge in [0.1, 0.15) is 0 Å². The molecule has 4 nitrogen and oxygen atoms in total. The van der Waals surface area contributed by atoms with E-state index in [9.17, 15) is 9.59 Å². The molecule has 0 aliphatic heterocycles. The van der Waals surface area contributed by atoms with E-state index >= 15 is 0 Å². The molecule has 1 unspecified atom stereocenters. The molecule has 0 aromatic heterocycles. The first-order valence-electron chi connectivity index (χ1n) is 9.33. The molecule has 0 spiro atoms. The van der Waals surface area contributed by atoms with Gasteiger partial charge in [-0.2, -0.15) is 0 Å². The minimum atomic E-state index is -0.274. The molecule has 144 valence electrons. The molecule has 1 atom stereocenters. The standard InChI is InChI=1S/C22H27ClN2O2/c1-4-16-9-11-17(12-10-16)21(15(2)3)25-20(26)13-14-24-22(27)18-7-5-6-8-19(18)23/h5-12,15,21H,4,13-14H2,1-3H3,(H,24,27)(H,25,26). The van der Waals surface area contributed by atoms with Crippen molar-refractivity contribution in [3.63, 3.8) is 0 Å². The number of amides is 2. The van der Waals surface area contributed by atoms with Crippen molar-refractivity contribution in [1.29, 1.82) is 0 Å². The summed E-state index contributed by atoms with van der Waals surface area (Å²) in [6, 6.07) is 15.1. The Morgan fingerprint density at radius 2 is 1.70 bits per heavy atom. The van der Waals surface area contributed by atoms with E-state index in [-0.39, 0.29) is 36.7 Å². The zero-order chi connectivity index (χ0) is 19.8. The fraction of sp³-hybridized carbons (Fsp3) is 0.364. The number of hydrogen-bond acceptors (Lipinski definition) is 2. The second kappa shape index (κ2) is 10.1. The number of nitrogens with one attached hydrogen (secondary N) is 2. The van der Waals surface area contributed by atoms with Gasteiger partial charge in [-0.05, 0) is 35.6 Å². The van der Waals surface area contributed by atoms with Gasteiger partial charge in [0, 0.05) is 13.0 Å². The smallest absolute Gasteiger partial charge is 0.252 e. The van der Waals surface area contributed by atoms with Crippen LogP contribution in [0, 0.1) is 5.92 Å². The van der Waals surface area contributed by atoms with Gasteiger partial charge in [-0.15, -0.1) is 0 Å². The molecule has 0 heterocycles. The molecule has 2 aromatic rings. The third kappa shape index (κ3) is 6.10. The molecule has 0 saturated heterocycles. The Kier molecular flexibility index (Phi) is 7.86. The van der Waals surface area contributed by atoms with Gasteiger partial charge in [-0.3, -0.25) is 9.59 Å². The fourth-order valence-corrected chi connectivity index (χ4v) is 3.09. The summed E-state index contributed by atoms with van der Waals surface area (Å²) in [5.74, 6) is -0.101. The van der Waals surface area contributed by atoms with Crippen LogP contribution in [0.2, 0.25) is 5.02 Å². The molecule has 2 amide bonds. The van der Waals surface area contributed by atoms with Crippen molar-refractivity contribution < 1.29 is 9.59 Å². The van der Waals surface area contributed by atoms with Gasteiger partial charge in [0.2, 0.25) is 5.91 Å². The lowest BCUT2D eigenvalue weighted by molar-refractivity contribution is -0.122. The number of hydrogen-bond donors (Lipinski definition) is 2. The molecule has 2 aromatic carbocycles. The monoisotopic (exact) mass is 386 g/mol. The van der Waals surface area contributed by atoms with Crippen molar-refractivity contribution in [3.8, 4) is 0 Å². The van der Waals surface area contributed by atoms with Gasteiger partial charge in [0.25, 0.3) is 5.91 Å². The third-order valence-electron chi connectivity index (χ3n) is 4.49. The zero-order valence-electron chi connectivity index (χ0n) is 16.1. The molecule has 27 heavy (non-hydrogen) atoms.